The number of nitrogens with zero attached hydrogens (tertiary/aromatic N) is 2. The molecule has 0 unspecified atom stereocenters. The maximum Gasteiger partial charge on any atom is 0.229 e. The first-order chi connectivity index (χ1) is 9.63. The van der Waals surface area contributed by atoms with Crippen LogP contribution in [0.1, 0.15) is 57.4 Å². The molecule has 2 N–H and O–H groups in total. The van der Waals surface area contributed by atoms with Crippen molar-refractivity contribution in [1.82, 2.24) is 15.5 Å². The van der Waals surface area contributed by atoms with E-state index in [0.717, 1.165) is 37.2 Å². The summed E-state index contributed by atoms with van der Waals surface area (Å²) in [6, 6.07) is 0.411. The lowest BCUT2D eigenvalue weighted by atomic mass is 9.93. The largest absolute Gasteiger partial charge is 0.314 e. The number of halogens is 1. The fraction of sp³-hybridized carbons (Fsp3) is 0.786. The van der Waals surface area contributed by atoms with Crippen LogP contribution < -0.4 is 10.6 Å². The molecule has 0 aromatic carbocycles. The van der Waals surface area contributed by atoms with Gasteiger partial charge in [0, 0.05) is 17.9 Å². The Morgan fingerprint density at radius 2 is 2.14 bits per heavy atom. The summed E-state index contributed by atoms with van der Waals surface area (Å²) in [5.41, 5.74) is 0. The predicted octanol–water partition coefficient (Wildman–Crippen LogP) is 3.19. The molecule has 5 nitrogen and oxygen atoms in total. The molecular formula is C14H25ClN4OS. The fourth-order valence-electron chi connectivity index (χ4n) is 2.67. The third kappa shape index (κ3) is 4.90. The van der Waals surface area contributed by atoms with Crippen LogP contribution in [0.15, 0.2) is 0 Å². The summed E-state index contributed by atoms with van der Waals surface area (Å²) < 4.78 is 0. The van der Waals surface area contributed by atoms with Crippen molar-refractivity contribution >= 4 is 34.8 Å². The van der Waals surface area contributed by atoms with Gasteiger partial charge in [0.15, 0.2) is 0 Å². The van der Waals surface area contributed by atoms with E-state index in [1.165, 1.54) is 11.3 Å². The lowest BCUT2D eigenvalue weighted by Crippen LogP contribution is -2.40. The van der Waals surface area contributed by atoms with Crippen molar-refractivity contribution in [2.24, 2.45) is 5.92 Å². The molecule has 1 fully saturated rings. The van der Waals surface area contributed by atoms with Crippen LogP contribution in [0.2, 0.25) is 0 Å². The minimum Gasteiger partial charge on any atom is -0.314 e. The van der Waals surface area contributed by atoms with Gasteiger partial charge < -0.3 is 10.6 Å². The average molecular weight is 333 g/mol. The van der Waals surface area contributed by atoms with Crippen LogP contribution in [0, 0.1) is 5.92 Å². The summed E-state index contributed by atoms with van der Waals surface area (Å²) in [5.74, 6) is 0.634. The minimum atomic E-state index is 0. The molecule has 1 aromatic rings. The number of carbonyl (C=O) groups excluding carboxylic acids is 1. The van der Waals surface area contributed by atoms with E-state index in [4.69, 9.17) is 0 Å². The Bertz CT molecular complexity index is 450. The maximum absolute atomic E-state index is 12.2. The van der Waals surface area contributed by atoms with Gasteiger partial charge >= 0.3 is 0 Å². The third-order valence-electron chi connectivity index (χ3n) is 4.00. The standard InChI is InChI=1S/C14H24N4OS.ClH/c1-4-10(5-2)13-17-18-14(20-13)16-12(19)11-6-7-15-9(3)8-11;/h9-11,15H,4-8H2,1-3H3,(H,16,18,19);1H/t9-,11-;/m0./s1. The van der Waals surface area contributed by atoms with Gasteiger partial charge in [0.25, 0.3) is 0 Å². The Morgan fingerprint density at radius 1 is 1.43 bits per heavy atom. The lowest BCUT2D eigenvalue weighted by Gasteiger charge is -2.26. The molecule has 0 bridgehead atoms. The number of hydrogen-bond donors (Lipinski definition) is 2. The number of carbonyl (C=O) groups is 1. The van der Waals surface area contributed by atoms with Crippen molar-refractivity contribution in [1.29, 1.82) is 0 Å². The minimum absolute atomic E-state index is 0. The highest BCUT2D eigenvalue weighted by atomic mass is 35.5. The van der Waals surface area contributed by atoms with Crippen molar-refractivity contribution in [3.8, 4) is 0 Å². The lowest BCUT2D eigenvalue weighted by molar-refractivity contribution is -0.120. The van der Waals surface area contributed by atoms with Crippen LogP contribution in [0.5, 0.6) is 0 Å². The molecule has 2 atom stereocenters. The number of anilines is 1. The summed E-state index contributed by atoms with van der Waals surface area (Å²) in [5, 5.41) is 16.3. The molecule has 2 rings (SSSR count). The van der Waals surface area contributed by atoms with Gasteiger partial charge in [-0.25, -0.2) is 0 Å². The fourth-order valence-corrected chi connectivity index (χ4v) is 3.68. The number of amides is 1. The monoisotopic (exact) mass is 332 g/mol. The van der Waals surface area contributed by atoms with E-state index in [-0.39, 0.29) is 24.2 Å². The summed E-state index contributed by atoms with van der Waals surface area (Å²) in [7, 11) is 0. The average Bonchev–Trinajstić information content (AvgIpc) is 2.88. The van der Waals surface area contributed by atoms with Gasteiger partial charge in [-0.05, 0) is 39.2 Å². The molecule has 7 heteroatoms. The molecule has 21 heavy (non-hydrogen) atoms. The SMILES string of the molecule is CCC(CC)c1nnc(NC(=O)[C@H]2CCN[C@@H](C)C2)s1.Cl. The number of rotatable bonds is 5. The molecule has 0 radical (unpaired) electrons. The highest BCUT2D eigenvalue weighted by Gasteiger charge is 2.25. The van der Waals surface area contributed by atoms with E-state index in [2.05, 4.69) is 41.6 Å². The highest BCUT2D eigenvalue weighted by molar-refractivity contribution is 7.15. The van der Waals surface area contributed by atoms with Crippen molar-refractivity contribution in [3.63, 3.8) is 0 Å². The van der Waals surface area contributed by atoms with E-state index >= 15 is 0 Å². The Labute approximate surface area is 136 Å². The van der Waals surface area contributed by atoms with Crippen molar-refractivity contribution in [2.75, 3.05) is 11.9 Å². The normalized spacial score (nSPS) is 21.9. The van der Waals surface area contributed by atoms with Gasteiger partial charge in [0.2, 0.25) is 11.0 Å². The molecule has 1 amide bonds. The first-order valence-corrected chi connectivity index (χ1v) is 8.33. The Morgan fingerprint density at radius 3 is 2.76 bits per heavy atom. The van der Waals surface area contributed by atoms with E-state index in [0.29, 0.717) is 17.1 Å². The van der Waals surface area contributed by atoms with Crippen molar-refractivity contribution in [3.05, 3.63) is 5.01 Å². The van der Waals surface area contributed by atoms with Gasteiger partial charge in [-0.2, -0.15) is 0 Å². The Hall–Kier alpha value is -0.720. The molecule has 0 aliphatic carbocycles. The Balaban J connectivity index is 0.00000220. The topological polar surface area (TPSA) is 66.9 Å². The highest BCUT2D eigenvalue weighted by Crippen LogP contribution is 2.28. The first-order valence-electron chi connectivity index (χ1n) is 7.51. The molecule has 1 saturated heterocycles. The summed E-state index contributed by atoms with van der Waals surface area (Å²) in [6.07, 6.45) is 3.91. The van der Waals surface area contributed by atoms with E-state index < -0.39 is 0 Å². The first kappa shape index (κ1) is 18.3. The second kappa shape index (κ2) is 8.66. The van der Waals surface area contributed by atoms with Crippen LogP contribution in [0.3, 0.4) is 0 Å². The molecule has 0 spiro atoms. The molecule has 1 aromatic heterocycles. The molecule has 2 heterocycles. The predicted molar refractivity (Wildman–Crippen MR) is 89.3 cm³/mol. The van der Waals surface area contributed by atoms with E-state index in [9.17, 15) is 4.79 Å². The molecular weight excluding hydrogens is 308 g/mol. The molecule has 120 valence electrons. The Kier molecular flexibility index (Phi) is 7.56. The number of aromatic nitrogens is 2. The second-order valence-corrected chi connectivity index (χ2v) is 6.53. The third-order valence-corrected chi connectivity index (χ3v) is 5.00. The zero-order valence-corrected chi connectivity index (χ0v) is 14.5. The van der Waals surface area contributed by atoms with E-state index in [1.54, 1.807) is 0 Å². The van der Waals surface area contributed by atoms with Gasteiger partial charge in [0.1, 0.15) is 5.01 Å². The van der Waals surface area contributed by atoms with Crippen LogP contribution in [-0.4, -0.2) is 28.7 Å². The van der Waals surface area contributed by atoms with Crippen LogP contribution >= 0.6 is 23.7 Å². The summed E-state index contributed by atoms with van der Waals surface area (Å²) >= 11 is 1.51. The van der Waals surface area contributed by atoms with Gasteiger partial charge in [0.05, 0.1) is 0 Å². The molecule has 1 aliphatic rings. The zero-order chi connectivity index (χ0) is 14.5. The van der Waals surface area contributed by atoms with Gasteiger partial charge in [-0.15, -0.1) is 22.6 Å². The van der Waals surface area contributed by atoms with Crippen molar-refractivity contribution < 1.29 is 4.79 Å². The van der Waals surface area contributed by atoms with Crippen LogP contribution in [-0.2, 0) is 4.79 Å². The van der Waals surface area contributed by atoms with Gasteiger partial charge in [-0.3, -0.25) is 4.79 Å². The quantitative estimate of drug-likeness (QED) is 0.869. The number of hydrogen-bond acceptors (Lipinski definition) is 5. The van der Waals surface area contributed by atoms with Crippen LogP contribution in [0.4, 0.5) is 5.13 Å². The van der Waals surface area contributed by atoms with E-state index in [1.807, 2.05) is 0 Å². The van der Waals surface area contributed by atoms with Crippen molar-refractivity contribution in [2.45, 2.75) is 58.4 Å². The second-order valence-electron chi connectivity index (χ2n) is 5.52. The summed E-state index contributed by atoms with van der Waals surface area (Å²) in [4.78, 5) is 12.2. The zero-order valence-electron chi connectivity index (χ0n) is 12.9. The molecule has 0 saturated carbocycles. The maximum atomic E-state index is 12.2. The van der Waals surface area contributed by atoms with Gasteiger partial charge in [-0.1, -0.05) is 25.2 Å². The smallest absolute Gasteiger partial charge is 0.229 e. The number of nitrogens with one attached hydrogen (secondary N) is 2. The molecule has 1 aliphatic heterocycles. The van der Waals surface area contributed by atoms with Crippen LogP contribution in [0.25, 0.3) is 0 Å². The number of piperidine rings is 1. The summed E-state index contributed by atoms with van der Waals surface area (Å²) in [6.45, 7) is 7.35.